The molecule has 0 saturated carbocycles. The fourth-order valence-corrected chi connectivity index (χ4v) is 2.33. The summed E-state index contributed by atoms with van der Waals surface area (Å²) in [5.74, 6) is -0.193. The van der Waals surface area contributed by atoms with Crippen LogP contribution in [0.2, 0.25) is 0 Å². The number of benzene rings is 1. The van der Waals surface area contributed by atoms with E-state index in [1.165, 1.54) is 11.3 Å². The minimum Gasteiger partial charge on any atom is -0.450 e. The molecule has 0 fully saturated rings. The van der Waals surface area contributed by atoms with Gasteiger partial charge in [0.05, 0.1) is 17.8 Å². The van der Waals surface area contributed by atoms with Crippen molar-refractivity contribution in [3.63, 3.8) is 0 Å². The summed E-state index contributed by atoms with van der Waals surface area (Å²) in [6.45, 7) is 3.84. The second-order valence-electron chi connectivity index (χ2n) is 4.14. The van der Waals surface area contributed by atoms with Crippen LogP contribution < -0.4 is 10.6 Å². The van der Waals surface area contributed by atoms with Crippen LogP contribution in [0.4, 0.5) is 16.2 Å². The summed E-state index contributed by atoms with van der Waals surface area (Å²) in [6, 6.07) is 6.78. The zero-order valence-corrected chi connectivity index (χ0v) is 12.5. The first-order chi connectivity index (χ1) is 10.1. The number of hydrogen-bond donors (Lipinski definition) is 2. The summed E-state index contributed by atoms with van der Waals surface area (Å²) in [6.07, 6.45) is -0.505. The number of carbonyl (C=O) groups excluding carboxylic acids is 2. The van der Waals surface area contributed by atoms with E-state index in [0.29, 0.717) is 28.6 Å². The van der Waals surface area contributed by atoms with Crippen molar-refractivity contribution >= 4 is 34.7 Å². The lowest BCUT2D eigenvalue weighted by Gasteiger charge is -2.07. The average Bonchev–Trinajstić information content (AvgIpc) is 2.87. The number of amides is 2. The lowest BCUT2D eigenvalue weighted by Crippen LogP contribution is -2.14. The highest BCUT2D eigenvalue weighted by Crippen LogP contribution is 2.17. The molecule has 2 rings (SSSR count). The maximum Gasteiger partial charge on any atom is 0.411 e. The van der Waals surface area contributed by atoms with E-state index in [1.807, 2.05) is 0 Å². The number of nitrogens with zero attached hydrogens (tertiary/aromatic N) is 1. The Labute approximate surface area is 126 Å². The van der Waals surface area contributed by atoms with E-state index in [4.69, 9.17) is 4.74 Å². The number of ether oxygens (including phenoxy) is 1. The standard InChI is InChI=1S/C14H15N3O3S/c1-3-20-14(19)17-11-6-4-10(5-7-11)16-13(18)12-9(2)15-8-21-12/h4-8H,3H2,1-2H3,(H,16,18)(H,17,19). The van der Waals surface area contributed by atoms with Crippen LogP contribution in [0.15, 0.2) is 29.8 Å². The van der Waals surface area contributed by atoms with Crippen LogP contribution in [0.1, 0.15) is 22.3 Å². The quantitative estimate of drug-likeness (QED) is 0.908. The fraction of sp³-hybridized carbons (Fsp3) is 0.214. The number of nitrogens with one attached hydrogen (secondary N) is 2. The fourth-order valence-electron chi connectivity index (χ4n) is 1.63. The van der Waals surface area contributed by atoms with Crippen molar-refractivity contribution in [1.82, 2.24) is 4.98 Å². The lowest BCUT2D eigenvalue weighted by atomic mass is 10.2. The molecule has 110 valence electrons. The molecule has 0 unspecified atom stereocenters. The Hall–Kier alpha value is -2.41. The van der Waals surface area contributed by atoms with Gasteiger partial charge in [-0.15, -0.1) is 11.3 Å². The Balaban J connectivity index is 1.98. The van der Waals surface area contributed by atoms with E-state index in [9.17, 15) is 9.59 Å². The SMILES string of the molecule is CCOC(=O)Nc1ccc(NC(=O)c2scnc2C)cc1. The summed E-state index contributed by atoms with van der Waals surface area (Å²) in [4.78, 5) is 27.9. The molecule has 0 aliphatic heterocycles. The molecule has 6 nitrogen and oxygen atoms in total. The van der Waals surface area contributed by atoms with Crippen LogP contribution in [0.25, 0.3) is 0 Å². The molecule has 2 amide bonds. The summed E-state index contributed by atoms with van der Waals surface area (Å²) in [5, 5.41) is 5.36. The Bertz CT molecular complexity index is 637. The van der Waals surface area contributed by atoms with Crippen molar-refractivity contribution < 1.29 is 14.3 Å². The number of carbonyl (C=O) groups is 2. The van der Waals surface area contributed by atoms with Crippen LogP contribution in [0.5, 0.6) is 0 Å². The molecular weight excluding hydrogens is 290 g/mol. The average molecular weight is 305 g/mol. The topological polar surface area (TPSA) is 80.3 Å². The monoisotopic (exact) mass is 305 g/mol. The van der Waals surface area contributed by atoms with Crippen molar-refractivity contribution in [1.29, 1.82) is 0 Å². The van der Waals surface area contributed by atoms with Gasteiger partial charge in [0.15, 0.2) is 0 Å². The number of hydrogen-bond acceptors (Lipinski definition) is 5. The molecule has 1 aromatic carbocycles. The molecule has 0 aliphatic rings. The van der Waals surface area contributed by atoms with Gasteiger partial charge in [0.25, 0.3) is 5.91 Å². The van der Waals surface area contributed by atoms with Crippen LogP contribution in [-0.2, 0) is 4.74 Å². The first-order valence-corrected chi connectivity index (χ1v) is 7.23. The maximum absolute atomic E-state index is 12.0. The van der Waals surface area contributed by atoms with Crippen molar-refractivity contribution in [3.05, 3.63) is 40.3 Å². The molecular formula is C14H15N3O3S. The van der Waals surface area contributed by atoms with Crippen LogP contribution in [0.3, 0.4) is 0 Å². The van der Waals surface area contributed by atoms with Gasteiger partial charge in [0.2, 0.25) is 0 Å². The first kappa shape index (κ1) is 15.0. The molecule has 2 N–H and O–H groups in total. The van der Waals surface area contributed by atoms with Crippen LogP contribution >= 0.6 is 11.3 Å². The van der Waals surface area contributed by atoms with E-state index in [-0.39, 0.29) is 5.91 Å². The van der Waals surface area contributed by atoms with E-state index in [0.717, 1.165) is 0 Å². The van der Waals surface area contributed by atoms with E-state index < -0.39 is 6.09 Å². The summed E-state index contributed by atoms with van der Waals surface area (Å²) in [7, 11) is 0. The Morgan fingerprint density at radius 3 is 2.33 bits per heavy atom. The predicted octanol–water partition coefficient (Wildman–Crippen LogP) is 3.27. The molecule has 0 aliphatic carbocycles. The summed E-state index contributed by atoms with van der Waals surface area (Å²) >= 11 is 1.30. The van der Waals surface area contributed by atoms with Gasteiger partial charge in [-0.2, -0.15) is 0 Å². The summed E-state index contributed by atoms with van der Waals surface area (Å²) in [5.41, 5.74) is 3.58. The molecule has 2 aromatic rings. The third-order valence-electron chi connectivity index (χ3n) is 2.62. The van der Waals surface area contributed by atoms with Gasteiger partial charge in [-0.1, -0.05) is 0 Å². The third kappa shape index (κ3) is 4.03. The second kappa shape index (κ2) is 6.85. The van der Waals surface area contributed by atoms with Gasteiger partial charge in [0.1, 0.15) is 4.88 Å². The molecule has 0 bridgehead atoms. The second-order valence-corrected chi connectivity index (χ2v) is 5.00. The van der Waals surface area contributed by atoms with Gasteiger partial charge in [-0.25, -0.2) is 9.78 Å². The first-order valence-electron chi connectivity index (χ1n) is 6.35. The molecule has 7 heteroatoms. The van der Waals surface area contributed by atoms with Gasteiger partial charge in [0, 0.05) is 11.4 Å². The van der Waals surface area contributed by atoms with E-state index in [2.05, 4.69) is 15.6 Å². The Morgan fingerprint density at radius 1 is 1.19 bits per heavy atom. The smallest absolute Gasteiger partial charge is 0.411 e. The molecule has 0 saturated heterocycles. The zero-order chi connectivity index (χ0) is 15.2. The largest absolute Gasteiger partial charge is 0.450 e. The van der Waals surface area contributed by atoms with Crippen molar-refractivity contribution in [2.24, 2.45) is 0 Å². The minimum absolute atomic E-state index is 0.193. The molecule has 0 radical (unpaired) electrons. The number of aryl methyl sites for hydroxylation is 1. The maximum atomic E-state index is 12.0. The number of anilines is 2. The van der Waals surface area contributed by atoms with Gasteiger partial charge >= 0.3 is 6.09 Å². The molecule has 0 spiro atoms. The molecule has 1 aromatic heterocycles. The van der Waals surface area contributed by atoms with Crippen LogP contribution in [0, 0.1) is 6.92 Å². The minimum atomic E-state index is -0.505. The Morgan fingerprint density at radius 2 is 1.81 bits per heavy atom. The third-order valence-corrected chi connectivity index (χ3v) is 3.54. The normalized spacial score (nSPS) is 10.0. The zero-order valence-electron chi connectivity index (χ0n) is 11.7. The van der Waals surface area contributed by atoms with Crippen molar-refractivity contribution in [2.45, 2.75) is 13.8 Å². The number of thiazole rings is 1. The van der Waals surface area contributed by atoms with Gasteiger partial charge in [-0.05, 0) is 38.1 Å². The van der Waals surface area contributed by atoms with E-state index >= 15 is 0 Å². The van der Waals surface area contributed by atoms with Crippen molar-refractivity contribution in [2.75, 3.05) is 17.2 Å². The van der Waals surface area contributed by atoms with Gasteiger partial charge < -0.3 is 10.1 Å². The number of aromatic nitrogens is 1. The Kier molecular flexibility index (Phi) is 4.89. The highest BCUT2D eigenvalue weighted by atomic mass is 32.1. The molecule has 21 heavy (non-hydrogen) atoms. The predicted molar refractivity (Wildman–Crippen MR) is 81.9 cm³/mol. The highest BCUT2D eigenvalue weighted by Gasteiger charge is 2.11. The van der Waals surface area contributed by atoms with Crippen LogP contribution in [-0.4, -0.2) is 23.6 Å². The molecule has 0 atom stereocenters. The van der Waals surface area contributed by atoms with Gasteiger partial charge in [-0.3, -0.25) is 10.1 Å². The number of rotatable bonds is 4. The lowest BCUT2D eigenvalue weighted by molar-refractivity contribution is 0.102. The summed E-state index contributed by atoms with van der Waals surface area (Å²) < 4.78 is 4.78. The highest BCUT2D eigenvalue weighted by molar-refractivity contribution is 7.12. The van der Waals surface area contributed by atoms with Crippen molar-refractivity contribution in [3.8, 4) is 0 Å². The van der Waals surface area contributed by atoms with E-state index in [1.54, 1.807) is 43.6 Å². The molecule has 1 heterocycles.